The molecule has 0 aliphatic heterocycles. The number of aromatic nitrogens is 1. The third-order valence-corrected chi connectivity index (χ3v) is 5.00. The Balaban J connectivity index is 1.66. The number of methoxy groups -OCH3 is 1. The van der Waals surface area contributed by atoms with Crippen LogP contribution in [0.2, 0.25) is 0 Å². The van der Waals surface area contributed by atoms with Gasteiger partial charge in [-0.1, -0.05) is 6.07 Å². The van der Waals surface area contributed by atoms with Gasteiger partial charge in [-0.15, -0.1) is 0 Å². The van der Waals surface area contributed by atoms with E-state index in [1.165, 1.54) is 12.8 Å². The summed E-state index contributed by atoms with van der Waals surface area (Å²) in [7, 11) is 1.61. The molecule has 4 rings (SSSR count). The van der Waals surface area contributed by atoms with Crippen LogP contribution in [0.3, 0.4) is 0 Å². The molecule has 1 aromatic carbocycles. The van der Waals surface area contributed by atoms with Crippen LogP contribution >= 0.6 is 0 Å². The van der Waals surface area contributed by atoms with Gasteiger partial charge in [-0.3, -0.25) is 4.98 Å². The Labute approximate surface area is 152 Å². The molecule has 136 valence electrons. The maximum Gasteiger partial charge on any atom is 0.285 e. The molecule has 0 amide bonds. The van der Waals surface area contributed by atoms with Gasteiger partial charge in [0.25, 0.3) is 5.95 Å². The Hall–Kier alpha value is -2.53. The molecular weight excluding hydrogens is 330 g/mol. The summed E-state index contributed by atoms with van der Waals surface area (Å²) in [6.07, 6.45) is 8.06. The van der Waals surface area contributed by atoms with Gasteiger partial charge >= 0.3 is 0 Å². The minimum atomic E-state index is -0.650. The fraction of sp³-hybridized carbons (Fsp3) is 0.381. The number of furan rings is 1. The van der Waals surface area contributed by atoms with Gasteiger partial charge in [0, 0.05) is 30.3 Å². The Kier molecular flexibility index (Phi) is 4.80. The molecule has 1 atom stereocenters. The van der Waals surface area contributed by atoms with Crippen LogP contribution in [0.5, 0.6) is 11.7 Å². The lowest BCUT2D eigenvalue weighted by Gasteiger charge is -2.13. The maximum absolute atomic E-state index is 10.8. The molecule has 1 aliphatic rings. The van der Waals surface area contributed by atoms with Gasteiger partial charge in [0.1, 0.15) is 6.10 Å². The second-order valence-electron chi connectivity index (χ2n) is 6.76. The van der Waals surface area contributed by atoms with E-state index in [2.05, 4.69) is 4.98 Å². The number of hydrogen-bond acceptors (Lipinski definition) is 5. The number of fused-ring (bicyclic) bond motifs is 1. The highest BCUT2D eigenvalue weighted by molar-refractivity contribution is 5.88. The van der Waals surface area contributed by atoms with E-state index in [1.807, 2.05) is 30.3 Å². The zero-order valence-corrected chi connectivity index (χ0v) is 14.9. The number of benzene rings is 1. The number of ether oxygens (including phenoxy) is 2. The summed E-state index contributed by atoms with van der Waals surface area (Å²) < 4.78 is 17.3. The number of rotatable bonds is 6. The summed E-state index contributed by atoms with van der Waals surface area (Å²) in [5.41, 5.74) is 2.46. The van der Waals surface area contributed by atoms with Crippen LogP contribution in [0.4, 0.5) is 0 Å². The minimum Gasteiger partial charge on any atom is -0.493 e. The first kappa shape index (κ1) is 16.9. The Morgan fingerprint density at radius 1 is 1.19 bits per heavy atom. The number of aliphatic hydroxyl groups excluding tert-OH is 1. The maximum atomic E-state index is 10.8. The lowest BCUT2D eigenvalue weighted by atomic mass is 9.99. The molecule has 5 heteroatoms. The molecule has 5 nitrogen and oxygen atoms in total. The van der Waals surface area contributed by atoms with Crippen LogP contribution in [0, 0.1) is 0 Å². The van der Waals surface area contributed by atoms with Gasteiger partial charge in [0.2, 0.25) is 0 Å². The zero-order valence-electron chi connectivity index (χ0n) is 14.9. The normalized spacial score (nSPS) is 16.1. The molecular formula is C21H23NO4. The van der Waals surface area contributed by atoms with Crippen molar-refractivity contribution in [3.63, 3.8) is 0 Å². The van der Waals surface area contributed by atoms with Crippen LogP contribution in [-0.2, 0) is 6.42 Å². The van der Waals surface area contributed by atoms with Gasteiger partial charge in [-0.2, -0.15) is 0 Å². The van der Waals surface area contributed by atoms with Crippen LogP contribution in [-0.4, -0.2) is 23.3 Å². The molecule has 1 unspecified atom stereocenters. The summed E-state index contributed by atoms with van der Waals surface area (Å²) in [6.45, 7) is 0. The zero-order chi connectivity index (χ0) is 17.9. The van der Waals surface area contributed by atoms with Crippen LogP contribution < -0.4 is 9.47 Å². The number of nitrogens with zero attached hydrogens (tertiary/aromatic N) is 1. The summed E-state index contributed by atoms with van der Waals surface area (Å²) in [5.74, 6) is 1.13. The average Bonchev–Trinajstić information content (AvgIpc) is 3.31. The molecule has 1 saturated carbocycles. The highest BCUT2D eigenvalue weighted by Crippen LogP contribution is 2.38. The fourth-order valence-corrected chi connectivity index (χ4v) is 3.63. The molecule has 1 N–H and O–H groups in total. The topological polar surface area (TPSA) is 64.7 Å². The summed E-state index contributed by atoms with van der Waals surface area (Å²) >= 11 is 0. The second kappa shape index (κ2) is 7.38. The van der Waals surface area contributed by atoms with Crippen LogP contribution in [0.15, 0.2) is 47.1 Å². The summed E-state index contributed by atoms with van der Waals surface area (Å²) in [6, 6.07) is 9.42. The van der Waals surface area contributed by atoms with E-state index < -0.39 is 6.10 Å². The molecule has 0 radical (unpaired) electrons. The van der Waals surface area contributed by atoms with Crippen molar-refractivity contribution in [2.24, 2.45) is 0 Å². The van der Waals surface area contributed by atoms with Crippen molar-refractivity contribution in [2.45, 2.75) is 44.3 Å². The summed E-state index contributed by atoms with van der Waals surface area (Å²) in [4.78, 5) is 4.02. The highest BCUT2D eigenvalue weighted by atomic mass is 16.6. The highest BCUT2D eigenvalue weighted by Gasteiger charge is 2.22. The first-order chi connectivity index (χ1) is 12.7. The van der Waals surface area contributed by atoms with Crippen molar-refractivity contribution in [1.82, 2.24) is 4.98 Å². The number of hydrogen-bond donors (Lipinski definition) is 1. The van der Waals surface area contributed by atoms with Gasteiger partial charge in [0.15, 0.2) is 11.3 Å². The van der Waals surface area contributed by atoms with Gasteiger partial charge in [0.05, 0.1) is 13.2 Å². The van der Waals surface area contributed by atoms with E-state index >= 15 is 0 Å². The van der Waals surface area contributed by atoms with E-state index in [4.69, 9.17) is 13.9 Å². The molecule has 2 heterocycles. The van der Waals surface area contributed by atoms with E-state index in [9.17, 15) is 5.11 Å². The smallest absolute Gasteiger partial charge is 0.285 e. The molecule has 0 bridgehead atoms. The average molecular weight is 353 g/mol. The van der Waals surface area contributed by atoms with E-state index in [0.29, 0.717) is 23.7 Å². The monoisotopic (exact) mass is 353 g/mol. The van der Waals surface area contributed by atoms with Crippen molar-refractivity contribution in [1.29, 1.82) is 0 Å². The predicted octanol–water partition coefficient (Wildman–Crippen LogP) is 4.43. The minimum absolute atomic E-state index is 0.215. The van der Waals surface area contributed by atoms with Crippen LogP contribution in [0.1, 0.15) is 42.9 Å². The fourth-order valence-electron chi connectivity index (χ4n) is 3.63. The number of pyridine rings is 1. The Morgan fingerprint density at radius 2 is 1.96 bits per heavy atom. The van der Waals surface area contributed by atoms with Crippen molar-refractivity contribution in [3.05, 3.63) is 53.9 Å². The lowest BCUT2D eigenvalue weighted by Crippen LogP contribution is -2.09. The molecule has 3 aromatic rings. The SMILES string of the molecule is COc1ccc(C(O)Cc2ccncc2)c2cc(OC3CCCC3)oc12. The molecule has 2 aromatic heterocycles. The second-order valence-corrected chi connectivity index (χ2v) is 6.76. The molecule has 0 spiro atoms. The van der Waals surface area contributed by atoms with Crippen molar-refractivity contribution >= 4 is 11.0 Å². The molecule has 1 aliphatic carbocycles. The lowest BCUT2D eigenvalue weighted by molar-refractivity contribution is 0.165. The van der Waals surface area contributed by atoms with Gasteiger partial charge in [-0.05, 0) is 55.0 Å². The third kappa shape index (κ3) is 3.40. The largest absolute Gasteiger partial charge is 0.493 e. The van der Waals surface area contributed by atoms with E-state index in [1.54, 1.807) is 19.5 Å². The van der Waals surface area contributed by atoms with Crippen LogP contribution in [0.25, 0.3) is 11.0 Å². The third-order valence-electron chi connectivity index (χ3n) is 5.00. The molecule has 1 fully saturated rings. The van der Waals surface area contributed by atoms with E-state index in [0.717, 1.165) is 29.4 Å². The van der Waals surface area contributed by atoms with Crippen molar-refractivity contribution in [2.75, 3.05) is 7.11 Å². The quantitative estimate of drug-likeness (QED) is 0.710. The Morgan fingerprint density at radius 3 is 2.69 bits per heavy atom. The predicted molar refractivity (Wildman–Crippen MR) is 98.6 cm³/mol. The first-order valence-electron chi connectivity index (χ1n) is 9.08. The first-order valence-corrected chi connectivity index (χ1v) is 9.08. The van der Waals surface area contributed by atoms with E-state index in [-0.39, 0.29) is 6.10 Å². The van der Waals surface area contributed by atoms with Gasteiger partial charge < -0.3 is 19.0 Å². The molecule has 26 heavy (non-hydrogen) atoms. The van der Waals surface area contributed by atoms with Crippen molar-refractivity contribution in [3.8, 4) is 11.7 Å². The van der Waals surface area contributed by atoms with Crippen molar-refractivity contribution < 1.29 is 19.0 Å². The standard InChI is InChI=1S/C21H23NO4/c1-24-19-7-6-16(18(23)12-14-8-10-22-11-9-14)17-13-20(26-21(17)19)25-15-4-2-3-5-15/h6-11,13,15,18,23H,2-5,12H2,1H3. The summed E-state index contributed by atoms with van der Waals surface area (Å²) in [5, 5.41) is 11.6. The van der Waals surface area contributed by atoms with Gasteiger partial charge in [-0.25, -0.2) is 0 Å². The Bertz CT molecular complexity index is 868. The molecule has 0 saturated heterocycles. The number of aliphatic hydroxyl groups is 1.